The summed E-state index contributed by atoms with van der Waals surface area (Å²) in [7, 11) is 1.46. The second-order valence-corrected chi connectivity index (χ2v) is 12.3. The summed E-state index contributed by atoms with van der Waals surface area (Å²) in [6.07, 6.45) is 1.16. The van der Waals surface area contributed by atoms with Crippen LogP contribution in [0.3, 0.4) is 0 Å². The predicted octanol–water partition coefficient (Wildman–Crippen LogP) is 7.66. The quantitative estimate of drug-likeness (QED) is 0.193. The van der Waals surface area contributed by atoms with Gasteiger partial charge in [-0.25, -0.2) is 13.6 Å². The molecule has 4 rings (SSSR count). The second-order valence-electron chi connectivity index (χ2n) is 11.4. The van der Waals surface area contributed by atoms with Crippen molar-refractivity contribution < 1.29 is 27.8 Å². The number of ether oxygens (including phenoxy) is 2. The van der Waals surface area contributed by atoms with Gasteiger partial charge in [0.2, 0.25) is 6.41 Å². The zero-order chi connectivity index (χ0) is 32.7. The van der Waals surface area contributed by atoms with Crippen LogP contribution in [-0.2, 0) is 14.9 Å². The van der Waals surface area contributed by atoms with E-state index in [0.29, 0.717) is 48.5 Å². The van der Waals surface area contributed by atoms with E-state index in [1.807, 2.05) is 0 Å². The molecule has 11 heteroatoms. The van der Waals surface area contributed by atoms with Gasteiger partial charge in [-0.1, -0.05) is 62.2 Å². The minimum absolute atomic E-state index is 0.0137. The average molecular weight is 647 g/mol. The van der Waals surface area contributed by atoms with Gasteiger partial charge in [0.1, 0.15) is 22.8 Å². The fourth-order valence-electron chi connectivity index (χ4n) is 5.45. The van der Waals surface area contributed by atoms with Crippen molar-refractivity contribution >= 4 is 41.3 Å². The fraction of sp³-hybridized carbons (Fsp3) is 0.364. The minimum Gasteiger partial charge on any atom is -0.495 e. The van der Waals surface area contributed by atoms with Gasteiger partial charge in [-0.15, -0.1) is 0 Å². The van der Waals surface area contributed by atoms with Crippen molar-refractivity contribution in [1.82, 2.24) is 5.32 Å². The van der Waals surface area contributed by atoms with Gasteiger partial charge in [0, 0.05) is 29.1 Å². The first kappa shape index (κ1) is 34.8. The van der Waals surface area contributed by atoms with Gasteiger partial charge in [0.05, 0.1) is 36.1 Å². The van der Waals surface area contributed by atoms with E-state index in [4.69, 9.17) is 32.7 Å². The maximum Gasteiger partial charge on any atom is 0.338 e. The van der Waals surface area contributed by atoms with E-state index in [1.165, 1.54) is 25.3 Å². The highest BCUT2D eigenvalue weighted by molar-refractivity contribution is 6.31. The van der Waals surface area contributed by atoms with Crippen molar-refractivity contribution in [3.8, 4) is 11.8 Å². The number of carbonyl (C=O) groups excluding carboxylic acids is 2. The van der Waals surface area contributed by atoms with Crippen LogP contribution in [0.4, 0.5) is 14.5 Å². The average Bonchev–Trinajstić information content (AvgIpc) is 3.32. The topological polar surface area (TPSA) is 100 Å². The fourth-order valence-corrected chi connectivity index (χ4v) is 5.79. The van der Waals surface area contributed by atoms with E-state index in [1.54, 1.807) is 43.3 Å². The summed E-state index contributed by atoms with van der Waals surface area (Å²) < 4.78 is 39.8. The normalized spacial score (nSPS) is 19.3. The third kappa shape index (κ3) is 7.68. The van der Waals surface area contributed by atoms with Crippen molar-refractivity contribution in [3.05, 3.63) is 93.0 Å². The standard InChI is InChI=1S/C22H22Cl2F2N2.C11H13NO4/c1-21(2,3)10-19-22(12-27,15-8-7-13(23)9-18(15)25)16(11-28-19)14-5-4-6-17(24)20(14)26;1-3-16-11(14)8-4-5-9(12-7-13)10(6-8)15-2/h4-9,16,19,28H,10-11H2,1-3H3;4-7H,3H2,1-2H3,(H,12,13)/t16-,19?,22-;/m1./s1. The number of amides is 1. The van der Waals surface area contributed by atoms with Crippen molar-refractivity contribution in [3.63, 3.8) is 0 Å². The van der Waals surface area contributed by atoms with Crippen molar-refractivity contribution in [1.29, 1.82) is 5.26 Å². The number of nitrogens with one attached hydrogen (secondary N) is 2. The lowest BCUT2D eigenvalue weighted by Gasteiger charge is -2.37. The van der Waals surface area contributed by atoms with E-state index in [2.05, 4.69) is 37.5 Å². The molecule has 1 aliphatic rings. The first-order valence-electron chi connectivity index (χ1n) is 13.9. The number of methoxy groups -OCH3 is 1. The summed E-state index contributed by atoms with van der Waals surface area (Å²) >= 11 is 11.9. The molecular weight excluding hydrogens is 611 g/mol. The lowest BCUT2D eigenvalue weighted by atomic mass is 9.64. The number of benzene rings is 3. The number of rotatable bonds is 8. The lowest BCUT2D eigenvalue weighted by molar-refractivity contribution is -0.105. The molecule has 0 spiro atoms. The van der Waals surface area contributed by atoms with E-state index >= 15 is 4.39 Å². The molecule has 0 saturated carbocycles. The first-order chi connectivity index (χ1) is 20.8. The van der Waals surface area contributed by atoms with Gasteiger partial charge in [-0.05, 0) is 60.7 Å². The molecule has 0 aliphatic carbocycles. The third-order valence-electron chi connectivity index (χ3n) is 7.33. The van der Waals surface area contributed by atoms with Crippen molar-refractivity contribution in [2.45, 2.75) is 51.5 Å². The number of hydrogen-bond acceptors (Lipinski definition) is 6. The number of esters is 1. The van der Waals surface area contributed by atoms with Crippen LogP contribution < -0.4 is 15.4 Å². The Morgan fingerprint density at radius 1 is 1.18 bits per heavy atom. The van der Waals surface area contributed by atoms with Gasteiger partial charge < -0.3 is 20.1 Å². The molecule has 1 fully saturated rings. The highest BCUT2D eigenvalue weighted by atomic mass is 35.5. The van der Waals surface area contributed by atoms with Crippen LogP contribution in [-0.4, -0.2) is 38.7 Å². The summed E-state index contributed by atoms with van der Waals surface area (Å²) in [6.45, 7) is 8.56. The molecule has 44 heavy (non-hydrogen) atoms. The molecule has 7 nitrogen and oxygen atoms in total. The molecule has 3 aromatic carbocycles. The summed E-state index contributed by atoms with van der Waals surface area (Å²) in [6, 6.07) is 15.7. The predicted molar refractivity (Wildman–Crippen MR) is 167 cm³/mol. The van der Waals surface area contributed by atoms with Crippen LogP contribution in [0.1, 0.15) is 61.5 Å². The van der Waals surface area contributed by atoms with Crippen LogP contribution in [0, 0.1) is 28.4 Å². The zero-order valence-corrected chi connectivity index (χ0v) is 26.7. The van der Waals surface area contributed by atoms with E-state index in [9.17, 15) is 19.2 Å². The number of anilines is 1. The first-order valence-corrected chi connectivity index (χ1v) is 14.7. The molecule has 1 unspecified atom stereocenters. The second kappa shape index (κ2) is 14.8. The molecule has 1 heterocycles. The van der Waals surface area contributed by atoms with Gasteiger partial charge in [0.25, 0.3) is 0 Å². The van der Waals surface area contributed by atoms with E-state index < -0.39 is 28.9 Å². The van der Waals surface area contributed by atoms with Crippen LogP contribution in [0.2, 0.25) is 10.0 Å². The molecule has 234 valence electrons. The Bertz CT molecular complexity index is 1540. The van der Waals surface area contributed by atoms with Gasteiger partial charge >= 0.3 is 5.97 Å². The largest absolute Gasteiger partial charge is 0.495 e. The smallest absolute Gasteiger partial charge is 0.338 e. The van der Waals surface area contributed by atoms with Gasteiger partial charge in [0.15, 0.2) is 0 Å². The molecule has 2 N–H and O–H groups in total. The monoisotopic (exact) mass is 645 g/mol. The van der Waals surface area contributed by atoms with Gasteiger partial charge in [-0.2, -0.15) is 5.26 Å². The molecule has 0 radical (unpaired) electrons. The van der Waals surface area contributed by atoms with Crippen LogP contribution >= 0.6 is 23.2 Å². The number of halogens is 4. The lowest BCUT2D eigenvalue weighted by Crippen LogP contribution is -2.44. The molecule has 1 aliphatic heterocycles. The molecule has 3 aromatic rings. The molecule has 0 aromatic heterocycles. The highest BCUT2D eigenvalue weighted by Crippen LogP contribution is 2.50. The molecule has 0 bridgehead atoms. The SMILES string of the molecule is CC(C)(C)CC1NC[C@H](c2cccc(Cl)c2F)[C@@]1(C#N)c1ccc(Cl)cc1F.CCOC(=O)c1ccc(NC=O)c(OC)c1. The molecule has 3 atom stereocenters. The Labute approximate surface area is 266 Å². The summed E-state index contributed by atoms with van der Waals surface area (Å²) in [4.78, 5) is 21.7. The number of nitriles is 1. The third-order valence-corrected chi connectivity index (χ3v) is 7.86. The summed E-state index contributed by atoms with van der Waals surface area (Å²) in [5.41, 5.74) is 0.00814. The van der Waals surface area contributed by atoms with Crippen LogP contribution in [0.5, 0.6) is 5.75 Å². The van der Waals surface area contributed by atoms with Crippen molar-refractivity contribution in [2.75, 3.05) is 25.6 Å². The summed E-state index contributed by atoms with van der Waals surface area (Å²) in [5.74, 6) is -1.74. The number of carbonyl (C=O) groups is 2. The Morgan fingerprint density at radius 2 is 1.91 bits per heavy atom. The van der Waals surface area contributed by atoms with Crippen LogP contribution in [0.25, 0.3) is 0 Å². The Kier molecular flexibility index (Phi) is 11.7. The number of hydrogen-bond donors (Lipinski definition) is 2. The number of nitrogens with zero attached hydrogens (tertiary/aromatic N) is 1. The molecule has 1 amide bonds. The van der Waals surface area contributed by atoms with E-state index in [-0.39, 0.29) is 27.1 Å². The Morgan fingerprint density at radius 3 is 2.50 bits per heavy atom. The maximum absolute atomic E-state index is 15.0. The molecule has 1 saturated heterocycles. The highest BCUT2D eigenvalue weighted by Gasteiger charge is 2.55. The minimum atomic E-state index is -1.30. The summed E-state index contributed by atoms with van der Waals surface area (Å²) in [5, 5.41) is 16.4. The maximum atomic E-state index is 15.0. The Hall–Kier alpha value is -3.71. The van der Waals surface area contributed by atoms with Crippen LogP contribution in [0.15, 0.2) is 54.6 Å². The van der Waals surface area contributed by atoms with Gasteiger partial charge in [-0.3, -0.25) is 4.79 Å². The molecular formula is C33H35Cl2F2N3O4. The zero-order valence-electron chi connectivity index (χ0n) is 25.1. The Balaban J connectivity index is 0.000000281. The van der Waals surface area contributed by atoms with Crippen molar-refractivity contribution in [2.24, 2.45) is 5.41 Å². The van der Waals surface area contributed by atoms with E-state index in [0.717, 1.165) is 0 Å².